The third kappa shape index (κ3) is 3.80. The predicted molar refractivity (Wildman–Crippen MR) is 68.7 cm³/mol. The van der Waals surface area contributed by atoms with Crippen LogP contribution in [0.1, 0.15) is 45.6 Å². The fraction of sp³-hybridized carbons (Fsp3) is 0.692. The standard InChI is InChI=1S/C13H23N3/c1-6-11-8-12(16-10(3)15-11)14-9-13(4,5)7-2/h8H,6-7,9H2,1-5H3,(H,14,15,16). The van der Waals surface area contributed by atoms with Crippen LogP contribution in [0.25, 0.3) is 0 Å². The number of nitrogens with zero attached hydrogens (tertiary/aromatic N) is 2. The molecule has 0 atom stereocenters. The summed E-state index contributed by atoms with van der Waals surface area (Å²) in [4.78, 5) is 8.76. The Balaban J connectivity index is 2.70. The van der Waals surface area contributed by atoms with E-state index in [9.17, 15) is 0 Å². The normalized spacial score (nSPS) is 11.6. The Morgan fingerprint density at radius 3 is 2.50 bits per heavy atom. The molecule has 3 heteroatoms. The Labute approximate surface area is 98.7 Å². The molecule has 0 amide bonds. The van der Waals surface area contributed by atoms with Crippen LogP contribution in [0.4, 0.5) is 5.82 Å². The van der Waals surface area contributed by atoms with Crippen LogP contribution in [0.2, 0.25) is 0 Å². The van der Waals surface area contributed by atoms with Crippen molar-refractivity contribution in [1.29, 1.82) is 0 Å². The number of aromatic nitrogens is 2. The molecular weight excluding hydrogens is 198 g/mol. The zero-order valence-corrected chi connectivity index (χ0v) is 11.1. The molecule has 0 unspecified atom stereocenters. The maximum absolute atomic E-state index is 4.40. The molecule has 0 saturated carbocycles. The summed E-state index contributed by atoms with van der Waals surface area (Å²) in [6, 6.07) is 2.04. The van der Waals surface area contributed by atoms with E-state index in [2.05, 4.69) is 43.0 Å². The second kappa shape index (κ2) is 5.28. The summed E-state index contributed by atoms with van der Waals surface area (Å²) >= 11 is 0. The fourth-order valence-electron chi connectivity index (χ4n) is 1.36. The third-order valence-electron chi connectivity index (χ3n) is 2.96. The van der Waals surface area contributed by atoms with E-state index in [1.54, 1.807) is 0 Å². The molecule has 0 fully saturated rings. The highest BCUT2D eigenvalue weighted by molar-refractivity contribution is 5.36. The van der Waals surface area contributed by atoms with Crippen molar-refractivity contribution in [2.75, 3.05) is 11.9 Å². The van der Waals surface area contributed by atoms with Crippen LogP contribution in [0.3, 0.4) is 0 Å². The smallest absolute Gasteiger partial charge is 0.129 e. The van der Waals surface area contributed by atoms with Gasteiger partial charge in [-0.25, -0.2) is 9.97 Å². The first kappa shape index (κ1) is 12.9. The van der Waals surface area contributed by atoms with Crippen LogP contribution in [-0.2, 0) is 6.42 Å². The molecule has 1 aromatic heterocycles. The minimum absolute atomic E-state index is 0.311. The first-order valence-corrected chi connectivity index (χ1v) is 6.05. The maximum atomic E-state index is 4.40. The van der Waals surface area contributed by atoms with Gasteiger partial charge in [0, 0.05) is 18.3 Å². The topological polar surface area (TPSA) is 37.8 Å². The lowest BCUT2D eigenvalue weighted by Gasteiger charge is -2.23. The minimum Gasteiger partial charge on any atom is -0.369 e. The molecule has 1 heterocycles. The summed E-state index contributed by atoms with van der Waals surface area (Å²) in [5.41, 5.74) is 1.41. The first-order chi connectivity index (χ1) is 7.46. The van der Waals surface area contributed by atoms with Crippen LogP contribution in [0.15, 0.2) is 6.07 Å². The second-order valence-electron chi connectivity index (χ2n) is 5.02. The van der Waals surface area contributed by atoms with E-state index in [1.165, 1.54) is 0 Å². The Morgan fingerprint density at radius 1 is 1.25 bits per heavy atom. The van der Waals surface area contributed by atoms with Gasteiger partial charge in [-0.3, -0.25) is 0 Å². The molecule has 0 aliphatic rings. The van der Waals surface area contributed by atoms with E-state index in [0.717, 1.165) is 36.7 Å². The Hall–Kier alpha value is -1.12. The van der Waals surface area contributed by atoms with Crippen molar-refractivity contribution in [3.05, 3.63) is 17.6 Å². The zero-order chi connectivity index (χ0) is 12.2. The maximum Gasteiger partial charge on any atom is 0.129 e. The average molecular weight is 221 g/mol. The van der Waals surface area contributed by atoms with Gasteiger partial charge >= 0.3 is 0 Å². The van der Waals surface area contributed by atoms with Crippen LogP contribution >= 0.6 is 0 Å². The number of hydrogen-bond acceptors (Lipinski definition) is 3. The van der Waals surface area contributed by atoms with Crippen LogP contribution in [0.5, 0.6) is 0 Å². The highest BCUT2D eigenvalue weighted by Crippen LogP contribution is 2.20. The number of anilines is 1. The third-order valence-corrected chi connectivity index (χ3v) is 2.96. The highest BCUT2D eigenvalue weighted by Gasteiger charge is 2.14. The summed E-state index contributed by atoms with van der Waals surface area (Å²) in [7, 11) is 0. The molecule has 0 radical (unpaired) electrons. The summed E-state index contributed by atoms with van der Waals surface area (Å²) in [5, 5.41) is 3.40. The van der Waals surface area contributed by atoms with Crippen molar-refractivity contribution in [1.82, 2.24) is 9.97 Å². The fourth-order valence-corrected chi connectivity index (χ4v) is 1.36. The van der Waals surface area contributed by atoms with Crippen LogP contribution < -0.4 is 5.32 Å². The molecule has 0 aromatic carbocycles. The van der Waals surface area contributed by atoms with E-state index < -0.39 is 0 Å². The lowest BCUT2D eigenvalue weighted by Crippen LogP contribution is -2.22. The molecule has 16 heavy (non-hydrogen) atoms. The van der Waals surface area contributed by atoms with Gasteiger partial charge in [0.15, 0.2) is 0 Å². The molecule has 3 nitrogen and oxygen atoms in total. The number of aryl methyl sites for hydroxylation is 2. The molecule has 0 aliphatic carbocycles. The van der Waals surface area contributed by atoms with Gasteiger partial charge in [-0.2, -0.15) is 0 Å². The van der Waals surface area contributed by atoms with Gasteiger partial charge in [0.05, 0.1) is 0 Å². The van der Waals surface area contributed by atoms with Crippen molar-refractivity contribution in [2.24, 2.45) is 5.41 Å². The van der Waals surface area contributed by atoms with E-state index in [4.69, 9.17) is 0 Å². The molecule has 1 N–H and O–H groups in total. The Bertz CT molecular complexity index is 345. The average Bonchev–Trinajstić information content (AvgIpc) is 2.26. The molecule has 0 bridgehead atoms. The van der Waals surface area contributed by atoms with Gasteiger partial charge in [-0.15, -0.1) is 0 Å². The Kier molecular flexibility index (Phi) is 4.27. The quantitative estimate of drug-likeness (QED) is 0.829. The molecule has 0 saturated heterocycles. The van der Waals surface area contributed by atoms with Crippen molar-refractivity contribution < 1.29 is 0 Å². The van der Waals surface area contributed by atoms with Crippen molar-refractivity contribution in [2.45, 2.75) is 47.5 Å². The molecule has 0 aliphatic heterocycles. The molecule has 0 spiro atoms. The van der Waals surface area contributed by atoms with E-state index in [1.807, 2.05) is 13.0 Å². The monoisotopic (exact) mass is 221 g/mol. The largest absolute Gasteiger partial charge is 0.369 e. The van der Waals surface area contributed by atoms with Gasteiger partial charge in [0.25, 0.3) is 0 Å². The summed E-state index contributed by atoms with van der Waals surface area (Å²) in [5.74, 6) is 1.79. The van der Waals surface area contributed by atoms with E-state index in [0.29, 0.717) is 5.41 Å². The van der Waals surface area contributed by atoms with E-state index >= 15 is 0 Å². The molecule has 1 rings (SSSR count). The number of hydrogen-bond donors (Lipinski definition) is 1. The number of rotatable bonds is 5. The van der Waals surface area contributed by atoms with Gasteiger partial charge in [0.1, 0.15) is 11.6 Å². The second-order valence-corrected chi connectivity index (χ2v) is 5.02. The number of nitrogens with one attached hydrogen (secondary N) is 1. The van der Waals surface area contributed by atoms with Crippen LogP contribution in [0, 0.1) is 12.3 Å². The summed E-state index contributed by atoms with van der Waals surface area (Å²) < 4.78 is 0. The van der Waals surface area contributed by atoms with Crippen molar-refractivity contribution in [3.63, 3.8) is 0 Å². The van der Waals surface area contributed by atoms with Gasteiger partial charge in [-0.05, 0) is 25.2 Å². The van der Waals surface area contributed by atoms with Crippen molar-refractivity contribution in [3.8, 4) is 0 Å². The van der Waals surface area contributed by atoms with Crippen LogP contribution in [-0.4, -0.2) is 16.5 Å². The predicted octanol–water partition coefficient (Wildman–Crippen LogP) is 3.20. The molecular formula is C13H23N3. The van der Waals surface area contributed by atoms with Gasteiger partial charge in [-0.1, -0.05) is 27.7 Å². The lowest BCUT2D eigenvalue weighted by molar-refractivity contribution is 0.376. The van der Waals surface area contributed by atoms with E-state index in [-0.39, 0.29) is 0 Å². The minimum atomic E-state index is 0.311. The molecule has 1 aromatic rings. The van der Waals surface area contributed by atoms with Gasteiger partial charge < -0.3 is 5.32 Å². The Morgan fingerprint density at radius 2 is 1.94 bits per heavy atom. The lowest BCUT2D eigenvalue weighted by atomic mass is 9.90. The highest BCUT2D eigenvalue weighted by atomic mass is 15.0. The summed E-state index contributed by atoms with van der Waals surface area (Å²) in [6.07, 6.45) is 2.11. The zero-order valence-electron chi connectivity index (χ0n) is 11.1. The van der Waals surface area contributed by atoms with Gasteiger partial charge in [0.2, 0.25) is 0 Å². The van der Waals surface area contributed by atoms with Crippen molar-refractivity contribution >= 4 is 5.82 Å². The first-order valence-electron chi connectivity index (χ1n) is 6.05. The SMILES string of the molecule is CCc1cc(NCC(C)(C)CC)nc(C)n1. The molecule has 90 valence electrons. The summed E-state index contributed by atoms with van der Waals surface area (Å²) in [6.45, 7) is 11.7.